The lowest BCUT2D eigenvalue weighted by Crippen LogP contribution is -2.28. The van der Waals surface area contributed by atoms with Gasteiger partial charge in [-0.3, -0.25) is 19.0 Å². The molecule has 0 radical (unpaired) electrons. The smallest absolute Gasteiger partial charge is 0.274 e. The Morgan fingerprint density at radius 3 is 2.67 bits per heavy atom. The molecule has 0 fully saturated rings. The Bertz CT molecular complexity index is 1040. The van der Waals surface area contributed by atoms with Gasteiger partial charge in [0, 0.05) is 12.7 Å². The maximum Gasteiger partial charge on any atom is 0.274 e. The molecule has 0 aliphatic carbocycles. The maximum absolute atomic E-state index is 12.8. The topological polar surface area (TPSA) is 107 Å². The van der Waals surface area contributed by atoms with Crippen LogP contribution in [0.3, 0.4) is 0 Å². The van der Waals surface area contributed by atoms with Gasteiger partial charge in [-0.1, -0.05) is 18.5 Å². The van der Waals surface area contributed by atoms with E-state index in [4.69, 9.17) is 16.0 Å². The molecule has 160 valence electrons. The SMILES string of the molecule is CCn1cc(NC(=O)C(C)Cn2nc(C)c(Cl)c2C)c(C(=O)NCc2ccco2)n1. The molecule has 0 spiro atoms. The summed E-state index contributed by atoms with van der Waals surface area (Å²) in [6.07, 6.45) is 3.18. The molecule has 1 atom stereocenters. The van der Waals surface area contributed by atoms with Gasteiger partial charge in [-0.15, -0.1) is 0 Å². The van der Waals surface area contributed by atoms with E-state index in [9.17, 15) is 9.59 Å². The number of furan rings is 1. The summed E-state index contributed by atoms with van der Waals surface area (Å²) >= 11 is 6.19. The summed E-state index contributed by atoms with van der Waals surface area (Å²) in [5.41, 5.74) is 2.04. The molecule has 3 heterocycles. The van der Waals surface area contributed by atoms with Gasteiger partial charge < -0.3 is 15.1 Å². The number of carbonyl (C=O) groups excluding carboxylic acids is 2. The van der Waals surface area contributed by atoms with E-state index in [2.05, 4.69) is 20.8 Å². The fourth-order valence-electron chi connectivity index (χ4n) is 2.96. The summed E-state index contributed by atoms with van der Waals surface area (Å²) in [5.74, 6) is -0.412. The number of anilines is 1. The second-order valence-electron chi connectivity index (χ2n) is 7.07. The van der Waals surface area contributed by atoms with E-state index in [1.54, 1.807) is 34.6 Å². The van der Waals surface area contributed by atoms with E-state index in [1.807, 2.05) is 20.8 Å². The number of rotatable bonds is 8. The summed E-state index contributed by atoms with van der Waals surface area (Å²) in [6, 6.07) is 3.51. The fraction of sp³-hybridized carbons (Fsp3) is 0.400. The molecule has 2 N–H and O–H groups in total. The minimum absolute atomic E-state index is 0.151. The summed E-state index contributed by atoms with van der Waals surface area (Å²) in [4.78, 5) is 25.4. The lowest BCUT2D eigenvalue weighted by molar-refractivity contribution is -0.119. The first-order chi connectivity index (χ1) is 14.3. The number of nitrogens with zero attached hydrogens (tertiary/aromatic N) is 4. The Labute approximate surface area is 179 Å². The Kier molecular flexibility index (Phi) is 6.61. The van der Waals surface area contributed by atoms with Crippen molar-refractivity contribution in [1.29, 1.82) is 0 Å². The van der Waals surface area contributed by atoms with Crippen LogP contribution in [0, 0.1) is 19.8 Å². The molecule has 10 heteroatoms. The number of hydrogen-bond donors (Lipinski definition) is 2. The van der Waals surface area contributed by atoms with Gasteiger partial charge in [0.15, 0.2) is 5.69 Å². The predicted octanol–water partition coefficient (Wildman–Crippen LogP) is 3.17. The third kappa shape index (κ3) is 4.73. The van der Waals surface area contributed by atoms with Crippen LogP contribution < -0.4 is 10.6 Å². The first-order valence-electron chi connectivity index (χ1n) is 9.68. The zero-order valence-corrected chi connectivity index (χ0v) is 18.2. The van der Waals surface area contributed by atoms with Crippen LogP contribution in [0.5, 0.6) is 0 Å². The molecule has 0 aliphatic rings. The average Bonchev–Trinajstić information content (AvgIpc) is 3.44. The highest BCUT2D eigenvalue weighted by Crippen LogP contribution is 2.21. The lowest BCUT2D eigenvalue weighted by Gasteiger charge is -2.13. The van der Waals surface area contributed by atoms with Crippen LogP contribution in [0.15, 0.2) is 29.0 Å². The van der Waals surface area contributed by atoms with Crippen molar-refractivity contribution in [1.82, 2.24) is 24.9 Å². The first-order valence-corrected chi connectivity index (χ1v) is 10.1. The van der Waals surface area contributed by atoms with Crippen LogP contribution in [0.25, 0.3) is 0 Å². The fourth-order valence-corrected chi connectivity index (χ4v) is 3.09. The molecular formula is C20H25ClN6O3. The number of aromatic nitrogens is 4. The third-order valence-corrected chi connectivity index (χ3v) is 5.30. The highest BCUT2D eigenvalue weighted by atomic mass is 35.5. The van der Waals surface area contributed by atoms with Gasteiger partial charge in [-0.05, 0) is 32.9 Å². The van der Waals surface area contributed by atoms with Gasteiger partial charge in [-0.2, -0.15) is 10.2 Å². The minimum Gasteiger partial charge on any atom is -0.467 e. The van der Waals surface area contributed by atoms with Gasteiger partial charge in [0.05, 0.1) is 47.4 Å². The standard InChI is InChI=1S/C20H25ClN6O3/c1-5-26-11-16(18(25-26)20(29)22-9-15-7-6-8-30-15)23-19(28)12(2)10-27-14(4)17(21)13(3)24-27/h6-8,11-12H,5,9-10H2,1-4H3,(H,22,29)(H,23,28). The van der Waals surface area contributed by atoms with Gasteiger partial charge in [-0.25, -0.2) is 0 Å². The Balaban J connectivity index is 1.69. The van der Waals surface area contributed by atoms with Crippen LogP contribution in [-0.4, -0.2) is 31.4 Å². The largest absolute Gasteiger partial charge is 0.467 e. The van der Waals surface area contributed by atoms with Gasteiger partial charge >= 0.3 is 0 Å². The Hall–Kier alpha value is -3.07. The number of halogens is 1. The molecule has 0 aliphatic heterocycles. The van der Waals surface area contributed by atoms with E-state index in [1.165, 1.54) is 6.26 Å². The average molecular weight is 433 g/mol. The van der Waals surface area contributed by atoms with Crippen molar-refractivity contribution >= 4 is 29.1 Å². The van der Waals surface area contributed by atoms with E-state index >= 15 is 0 Å². The van der Waals surface area contributed by atoms with Crippen LogP contribution in [-0.2, 0) is 24.4 Å². The molecule has 3 aromatic rings. The van der Waals surface area contributed by atoms with Gasteiger partial charge in [0.25, 0.3) is 5.91 Å². The predicted molar refractivity (Wildman–Crippen MR) is 112 cm³/mol. The molecule has 0 saturated heterocycles. The molecule has 9 nitrogen and oxygen atoms in total. The van der Waals surface area contributed by atoms with Gasteiger partial charge in [0.1, 0.15) is 5.76 Å². The second-order valence-corrected chi connectivity index (χ2v) is 7.44. The van der Waals surface area contributed by atoms with Gasteiger partial charge in [0.2, 0.25) is 5.91 Å². The van der Waals surface area contributed by atoms with Crippen molar-refractivity contribution < 1.29 is 14.0 Å². The van der Waals surface area contributed by atoms with Crippen molar-refractivity contribution in [3.63, 3.8) is 0 Å². The highest BCUT2D eigenvalue weighted by Gasteiger charge is 2.22. The molecule has 1 unspecified atom stereocenters. The number of carbonyl (C=O) groups is 2. The second kappa shape index (κ2) is 9.17. The zero-order valence-electron chi connectivity index (χ0n) is 17.4. The summed E-state index contributed by atoms with van der Waals surface area (Å²) in [5, 5.41) is 14.8. The summed E-state index contributed by atoms with van der Waals surface area (Å²) < 4.78 is 8.54. The molecule has 3 rings (SSSR count). The molecule has 0 bridgehead atoms. The third-order valence-electron chi connectivity index (χ3n) is 4.75. The molecule has 2 amide bonds. The van der Waals surface area contributed by atoms with E-state index in [0.717, 1.165) is 11.4 Å². The molecule has 30 heavy (non-hydrogen) atoms. The normalized spacial score (nSPS) is 12.0. The number of hydrogen-bond acceptors (Lipinski definition) is 5. The summed E-state index contributed by atoms with van der Waals surface area (Å²) in [6.45, 7) is 8.54. The summed E-state index contributed by atoms with van der Waals surface area (Å²) in [7, 11) is 0. The van der Waals surface area contributed by atoms with E-state index in [-0.39, 0.29) is 18.1 Å². The number of aryl methyl sites for hydroxylation is 2. The quantitative estimate of drug-likeness (QED) is 0.568. The maximum atomic E-state index is 12.8. The van der Waals surface area contributed by atoms with Crippen LogP contribution in [0.2, 0.25) is 5.02 Å². The van der Waals surface area contributed by atoms with E-state index in [0.29, 0.717) is 29.6 Å². The molecule has 0 aromatic carbocycles. The van der Waals surface area contributed by atoms with Crippen molar-refractivity contribution in [3.05, 3.63) is 52.5 Å². The first kappa shape index (κ1) is 21.6. The molecule has 3 aromatic heterocycles. The number of amides is 2. The van der Waals surface area contributed by atoms with E-state index < -0.39 is 11.8 Å². The van der Waals surface area contributed by atoms with Crippen LogP contribution in [0.4, 0.5) is 5.69 Å². The minimum atomic E-state index is -0.400. The molecule has 0 saturated carbocycles. The van der Waals surface area contributed by atoms with Crippen LogP contribution in [0.1, 0.15) is 41.5 Å². The van der Waals surface area contributed by atoms with Crippen molar-refractivity contribution in [2.75, 3.05) is 5.32 Å². The van der Waals surface area contributed by atoms with Crippen molar-refractivity contribution in [3.8, 4) is 0 Å². The van der Waals surface area contributed by atoms with Crippen LogP contribution >= 0.6 is 11.6 Å². The Morgan fingerprint density at radius 1 is 1.30 bits per heavy atom. The monoisotopic (exact) mass is 432 g/mol. The van der Waals surface area contributed by atoms with Crippen molar-refractivity contribution in [2.45, 2.75) is 47.3 Å². The highest BCUT2D eigenvalue weighted by molar-refractivity contribution is 6.31. The zero-order chi connectivity index (χ0) is 21.8. The Morgan fingerprint density at radius 2 is 2.07 bits per heavy atom. The molecular weight excluding hydrogens is 408 g/mol. The number of nitrogens with one attached hydrogen (secondary N) is 2. The lowest BCUT2D eigenvalue weighted by atomic mass is 10.1. The van der Waals surface area contributed by atoms with Crippen molar-refractivity contribution in [2.24, 2.45) is 5.92 Å².